The molecule has 0 radical (unpaired) electrons. The highest BCUT2D eigenvalue weighted by molar-refractivity contribution is 5.31. The van der Waals surface area contributed by atoms with Gasteiger partial charge in [-0.25, -0.2) is 0 Å². The largest absolute Gasteiger partial charge is 0.491 e. The summed E-state index contributed by atoms with van der Waals surface area (Å²) in [6.45, 7) is 13.7. The number of ether oxygens (including phenoxy) is 2. The van der Waals surface area contributed by atoms with Gasteiger partial charge < -0.3 is 19.5 Å². The highest BCUT2D eigenvalue weighted by Crippen LogP contribution is 2.24. The van der Waals surface area contributed by atoms with Crippen LogP contribution in [0.4, 0.5) is 0 Å². The average molecular weight is 322 g/mol. The van der Waals surface area contributed by atoms with E-state index in [2.05, 4.69) is 46.8 Å². The van der Waals surface area contributed by atoms with E-state index >= 15 is 0 Å². The molecule has 4 nitrogen and oxygen atoms in total. The highest BCUT2D eigenvalue weighted by Gasteiger charge is 2.27. The fourth-order valence-electron chi connectivity index (χ4n) is 3.19. The third-order valence-electron chi connectivity index (χ3n) is 4.30. The van der Waals surface area contributed by atoms with Crippen LogP contribution in [0.5, 0.6) is 5.75 Å². The molecule has 0 spiro atoms. The number of hydrogen-bond acceptors (Lipinski definition) is 3. The van der Waals surface area contributed by atoms with Crippen molar-refractivity contribution in [1.82, 2.24) is 0 Å². The molecule has 4 heteroatoms. The van der Waals surface area contributed by atoms with Gasteiger partial charge in [0.1, 0.15) is 50.3 Å². The summed E-state index contributed by atoms with van der Waals surface area (Å²) in [4.78, 5) is 1.38. The second-order valence-corrected chi connectivity index (χ2v) is 7.86. The number of aliphatic hydroxyl groups is 1. The lowest BCUT2D eigenvalue weighted by Gasteiger charge is -2.33. The predicted octanol–water partition coefficient (Wildman–Crippen LogP) is 1.42. The van der Waals surface area contributed by atoms with Gasteiger partial charge >= 0.3 is 0 Å². The number of benzene rings is 1. The molecule has 1 aromatic rings. The fraction of sp³-hybridized carbons (Fsp3) is 0.684. The van der Waals surface area contributed by atoms with Gasteiger partial charge in [-0.15, -0.1) is 0 Å². The molecular weight excluding hydrogens is 290 g/mol. The van der Waals surface area contributed by atoms with Crippen molar-refractivity contribution in [1.29, 1.82) is 0 Å². The van der Waals surface area contributed by atoms with E-state index in [-0.39, 0.29) is 17.6 Å². The second-order valence-electron chi connectivity index (χ2n) is 7.86. The SMILES string of the molecule is C[C@H]1C[NH+](C[C@H](O)COc2ccc(C(C)(C)C)cc2)C[C@H](C)O1. The summed E-state index contributed by atoms with van der Waals surface area (Å²) < 4.78 is 11.5. The molecule has 0 unspecified atom stereocenters. The minimum atomic E-state index is -0.454. The van der Waals surface area contributed by atoms with Crippen molar-refractivity contribution in [3.63, 3.8) is 0 Å². The summed E-state index contributed by atoms with van der Waals surface area (Å²) in [6, 6.07) is 8.16. The first-order valence-electron chi connectivity index (χ1n) is 8.64. The lowest BCUT2D eigenvalue weighted by molar-refractivity contribution is -0.918. The number of quaternary nitrogens is 1. The molecule has 1 aliphatic rings. The third kappa shape index (κ3) is 5.79. The molecule has 3 atom stereocenters. The highest BCUT2D eigenvalue weighted by atomic mass is 16.5. The van der Waals surface area contributed by atoms with Gasteiger partial charge in [-0.3, -0.25) is 0 Å². The number of aliphatic hydroxyl groups excluding tert-OH is 1. The minimum absolute atomic E-state index is 0.144. The third-order valence-corrected chi connectivity index (χ3v) is 4.30. The van der Waals surface area contributed by atoms with Crippen LogP contribution in [0, 0.1) is 0 Å². The molecule has 0 aliphatic carbocycles. The molecule has 1 aliphatic heterocycles. The molecule has 0 bridgehead atoms. The number of rotatable bonds is 5. The smallest absolute Gasteiger partial charge is 0.137 e. The van der Waals surface area contributed by atoms with Crippen molar-refractivity contribution in [2.24, 2.45) is 0 Å². The summed E-state index contributed by atoms with van der Waals surface area (Å²) in [5.41, 5.74) is 1.43. The maximum Gasteiger partial charge on any atom is 0.137 e. The van der Waals surface area contributed by atoms with Gasteiger partial charge in [0.05, 0.1) is 0 Å². The van der Waals surface area contributed by atoms with Crippen molar-refractivity contribution in [2.45, 2.75) is 58.3 Å². The first-order chi connectivity index (χ1) is 10.7. The van der Waals surface area contributed by atoms with Gasteiger partial charge in [0.2, 0.25) is 0 Å². The molecule has 0 saturated carbocycles. The number of morpholine rings is 1. The van der Waals surface area contributed by atoms with Crippen molar-refractivity contribution in [3.8, 4) is 5.75 Å². The zero-order chi connectivity index (χ0) is 17.0. The van der Waals surface area contributed by atoms with E-state index in [1.165, 1.54) is 10.5 Å². The van der Waals surface area contributed by atoms with Gasteiger partial charge in [0, 0.05) is 0 Å². The standard InChI is InChI=1S/C19H31NO3/c1-14-10-20(11-15(2)23-14)12-17(21)13-22-18-8-6-16(7-9-18)19(3,4)5/h6-9,14-15,17,21H,10-13H2,1-5H3/p+1/t14-,15-,17-/m0/s1. The van der Waals surface area contributed by atoms with Crippen LogP contribution in [-0.2, 0) is 10.2 Å². The maximum absolute atomic E-state index is 10.2. The monoisotopic (exact) mass is 322 g/mol. The quantitative estimate of drug-likeness (QED) is 0.861. The van der Waals surface area contributed by atoms with Crippen LogP contribution in [0.25, 0.3) is 0 Å². The predicted molar refractivity (Wildman–Crippen MR) is 92.2 cm³/mol. The topological polar surface area (TPSA) is 43.1 Å². The average Bonchev–Trinajstić information content (AvgIpc) is 2.43. The molecular formula is C19H32NO3+. The first kappa shape index (κ1) is 18.2. The zero-order valence-corrected chi connectivity index (χ0v) is 15.1. The van der Waals surface area contributed by atoms with Gasteiger partial charge in [-0.1, -0.05) is 32.9 Å². The summed E-state index contributed by atoms with van der Waals surface area (Å²) >= 11 is 0. The van der Waals surface area contributed by atoms with Gasteiger partial charge in [0.15, 0.2) is 0 Å². The molecule has 23 heavy (non-hydrogen) atoms. The molecule has 0 aromatic heterocycles. The molecule has 1 saturated heterocycles. The molecule has 130 valence electrons. The van der Waals surface area contributed by atoms with Crippen LogP contribution < -0.4 is 9.64 Å². The summed E-state index contributed by atoms with van der Waals surface area (Å²) in [6.07, 6.45) is 0.0587. The van der Waals surface area contributed by atoms with E-state index in [1.54, 1.807) is 0 Å². The molecule has 1 aromatic carbocycles. The lowest BCUT2D eigenvalue weighted by atomic mass is 9.87. The summed E-state index contributed by atoms with van der Waals surface area (Å²) in [7, 11) is 0. The van der Waals surface area contributed by atoms with E-state index in [4.69, 9.17) is 9.47 Å². The van der Waals surface area contributed by atoms with Crippen LogP contribution in [0.3, 0.4) is 0 Å². The Labute approximate surface area is 140 Å². The van der Waals surface area contributed by atoms with Crippen molar-refractivity contribution in [3.05, 3.63) is 29.8 Å². The van der Waals surface area contributed by atoms with Crippen molar-refractivity contribution < 1.29 is 19.5 Å². The normalized spacial score (nSPS) is 26.8. The zero-order valence-electron chi connectivity index (χ0n) is 15.1. The van der Waals surface area contributed by atoms with E-state index < -0.39 is 6.10 Å². The minimum Gasteiger partial charge on any atom is -0.491 e. The van der Waals surface area contributed by atoms with Crippen LogP contribution in [-0.4, -0.2) is 49.7 Å². The Morgan fingerprint density at radius 2 is 1.74 bits per heavy atom. The number of hydrogen-bond donors (Lipinski definition) is 2. The van der Waals surface area contributed by atoms with Crippen LogP contribution in [0.1, 0.15) is 40.2 Å². The molecule has 1 heterocycles. The molecule has 1 fully saturated rings. The van der Waals surface area contributed by atoms with Crippen LogP contribution >= 0.6 is 0 Å². The Bertz CT molecular complexity index is 470. The van der Waals surface area contributed by atoms with Crippen LogP contribution in [0.2, 0.25) is 0 Å². The van der Waals surface area contributed by atoms with E-state index in [1.807, 2.05) is 12.1 Å². The van der Waals surface area contributed by atoms with Gasteiger partial charge in [0.25, 0.3) is 0 Å². The Kier molecular flexibility index (Phi) is 6.06. The Hall–Kier alpha value is -1.10. The van der Waals surface area contributed by atoms with Crippen LogP contribution in [0.15, 0.2) is 24.3 Å². The Balaban J connectivity index is 1.79. The number of nitrogens with one attached hydrogen (secondary N) is 1. The lowest BCUT2D eigenvalue weighted by Crippen LogP contribution is -3.16. The second kappa shape index (κ2) is 7.65. The fourth-order valence-corrected chi connectivity index (χ4v) is 3.19. The van der Waals surface area contributed by atoms with E-state index in [9.17, 15) is 5.11 Å². The summed E-state index contributed by atoms with van der Waals surface area (Å²) in [5.74, 6) is 0.816. The first-order valence-corrected chi connectivity index (χ1v) is 8.64. The molecule has 2 rings (SSSR count). The van der Waals surface area contributed by atoms with E-state index in [0.29, 0.717) is 13.2 Å². The summed E-state index contributed by atoms with van der Waals surface area (Å²) in [5, 5.41) is 10.2. The van der Waals surface area contributed by atoms with Crippen molar-refractivity contribution in [2.75, 3.05) is 26.2 Å². The van der Waals surface area contributed by atoms with Gasteiger partial charge in [-0.05, 0) is 37.0 Å². The van der Waals surface area contributed by atoms with E-state index in [0.717, 1.165) is 18.8 Å². The molecule has 0 amide bonds. The Morgan fingerprint density at radius 3 is 2.26 bits per heavy atom. The molecule has 2 N–H and O–H groups in total. The van der Waals surface area contributed by atoms with Gasteiger partial charge in [-0.2, -0.15) is 0 Å². The Morgan fingerprint density at radius 1 is 1.17 bits per heavy atom. The maximum atomic E-state index is 10.2. The van der Waals surface area contributed by atoms with Crippen molar-refractivity contribution >= 4 is 0 Å².